The van der Waals surface area contributed by atoms with E-state index >= 15 is 0 Å². The predicted molar refractivity (Wildman–Crippen MR) is 94.3 cm³/mol. The van der Waals surface area contributed by atoms with Gasteiger partial charge in [0.1, 0.15) is 5.82 Å². The minimum Gasteiger partial charge on any atom is -0.397 e. The van der Waals surface area contributed by atoms with Crippen molar-refractivity contribution >= 4 is 61.1 Å². The van der Waals surface area contributed by atoms with Gasteiger partial charge in [0, 0.05) is 15.8 Å². The van der Waals surface area contributed by atoms with Crippen LogP contribution in [0.15, 0.2) is 17.6 Å². The first kappa shape index (κ1) is 13.5. The summed E-state index contributed by atoms with van der Waals surface area (Å²) in [6.07, 6.45) is 3.51. The van der Waals surface area contributed by atoms with Crippen LogP contribution in [0.3, 0.4) is 0 Å². The van der Waals surface area contributed by atoms with E-state index in [1.165, 1.54) is 20.5 Å². The number of rotatable bonds is 1. The second-order valence-electron chi connectivity index (χ2n) is 5.35. The average Bonchev–Trinajstić information content (AvgIpc) is 3.09. The van der Waals surface area contributed by atoms with E-state index in [0.29, 0.717) is 17.1 Å². The molecular weight excluding hydrogens is 314 g/mol. The highest BCUT2D eigenvalue weighted by atomic mass is 32.2. The molecule has 4 nitrogen and oxygen atoms in total. The van der Waals surface area contributed by atoms with E-state index in [2.05, 4.69) is 29.5 Å². The van der Waals surface area contributed by atoms with Gasteiger partial charge in [-0.15, -0.1) is 22.7 Å². The highest BCUT2D eigenvalue weighted by Gasteiger charge is 2.26. The van der Waals surface area contributed by atoms with Gasteiger partial charge in [-0.05, 0) is 42.5 Å². The quantitative estimate of drug-likeness (QED) is 0.663. The summed E-state index contributed by atoms with van der Waals surface area (Å²) in [7, 11) is 0. The maximum atomic E-state index is 12.2. The summed E-state index contributed by atoms with van der Waals surface area (Å²) >= 11 is 3.48. The summed E-state index contributed by atoms with van der Waals surface area (Å²) in [5.74, 6) is 0.457. The Hall–Kier alpha value is -2.18. The van der Waals surface area contributed by atoms with E-state index in [1.54, 1.807) is 34.9 Å². The van der Waals surface area contributed by atoms with Crippen molar-refractivity contribution in [3.63, 3.8) is 0 Å². The molecular formula is C16H13N3OS2. The number of nitrogens with zero attached hydrogens (tertiary/aromatic N) is 1. The van der Waals surface area contributed by atoms with Crippen LogP contribution in [-0.2, 0) is 4.79 Å². The van der Waals surface area contributed by atoms with E-state index in [0.717, 1.165) is 10.4 Å². The van der Waals surface area contributed by atoms with E-state index in [-0.39, 0.29) is 5.91 Å². The van der Waals surface area contributed by atoms with Gasteiger partial charge in [0.15, 0.2) is 0 Å². The standard InChI is InChI=1S/C16H13N3OS2/c1-7-6-21-16-13(7)8(2)12(22-16)4-11-10-3-9(17)5-18-14(10)19-15(11)20/h3-6H,17H2,1-2H3,(H,18,19,20). The third kappa shape index (κ3) is 1.88. The van der Waals surface area contributed by atoms with Crippen molar-refractivity contribution in [3.05, 3.63) is 39.2 Å². The molecule has 0 atom stereocenters. The number of anilines is 2. The zero-order valence-corrected chi connectivity index (χ0v) is 13.7. The average molecular weight is 327 g/mol. The van der Waals surface area contributed by atoms with Crippen LogP contribution < -0.4 is 11.1 Å². The summed E-state index contributed by atoms with van der Waals surface area (Å²) in [5, 5.41) is 6.27. The van der Waals surface area contributed by atoms with Gasteiger partial charge >= 0.3 is 0 Å². The van der Waals surface area contributed by atoms with Crippen LogP contribution in [0.4, 0.5) is 11.5 Å². The fourth-order valence-corrected chi connectivity index (χ4v) is 5.23. The van der Waals surface area contributed by atoms with Crippen LogP contribution in [0.2, 0.25) is 0 Å². The monoisotopic (exact) mass is 327 g/mol. The Balaban J connectivity index is 1.90. The number of nitrogen functional groups attached to an aromatic ring is 1. The Morgan fingerprint density at radius 2 is 2.18 bits per heavy atom. The minimum atomic E-state index is -0.124. The molecule has 4 heterocycles. The summed E-state index contributed by atoms with van der Waals surface area (Å²) in [6, 6.07) is 1.79. The van der Waals surface area contributed by atoms with Crippen LogP contribution >= 0.6 is 22.7 Å². The molecule has 1 aliphatic rings. The molecule has 3 aromatic rings. The number of carbonyl (C=O) groups is 1. The largest absolute Gasteiger partial charge is 0.397 e. The second kappa shape index (κ2) is 4.66. The lowest BCUT2D eigenvalue weighted by Gasteiger charge is -1.99. The Morgan fingerprint density at radius 3 is 2.95 bits per heavy atom. The fourth-order valence-electron chi connectivity index (χ4n) is 2.74. The van der Waals surface area contributed by atoms with Crippen molar-refractivity contribution in [2.24, 2.45) is 0 Å². The number of nitrogens with one attached hydrogen (secondary N) is 1. The zero-order chi connectivity index (χ0) is 15.4. The number of fused-ring (bicyclic) bond motifs is 2. The molecule has 0 aliphatic carbocycles. The number of pyridine rings is 1. The molecule has 3 aromatic heterocycles. The molecule has 0 spiro atoms. The molecule has 3 N–H and O–H groups in total. The highest BCUT2D eigenvalue weighted by Crippen LogP contribution is 2.40. The summed E-state index contributed by atoms with van der Waals surface area (Å²) in [6.45, 7) is 4.23. The van der Waals surface area contributed by atoms with Crippen LogP contribution in [0.1, 0.15) is 21.6 Å². The number of hydrogen-bond donors (Lipinski definition) is 2. The summed E-state index contributed by atoms with van der Waals surface area (Å²) in [4.78, 5) is 17.5. The van der Waals surface area contributed by atoms with E-state index in [1.807, 2.05) is 6.08 Å². The molecule has 22 heavy (non-hydrogen) atoms. The molecule has 0 fully saturated rings. The fraction of sp³-hybridized carbons (Fsp3) is 0.125. The first-order valence-corrected chi connectivity index (χ1v) is 8.50. The lowest BCUT2D eigenvalue weighted by molar-refractivity contribution is -0.110. The van der Waals surface area contributed by atoms with Gasteiger partial charge in [0.05, 0.1) is 21.5 Å². The first-order chi connectivity index (χ1) is 10.5. The lowest BCUT2D eigenvalue weighted by Crippen LogP contribution is -2.04. The molecule has 0 radical (unpaired) electrons. The van der Waals surface area contributed by atoms with Crippen LogP contribution in [0.5, 0.6) is 0 Å². The van der Waals surface area contributed by atoms with Crippen molar-refractivity contribution in [1.82, 2.24) is 4.98 Å². The highest BCUT2D eigenvalue weighted by molar-refractivity contribution is 7.38. The molecule has 1 aliphatic heterocycles. The Labute approximate surface area is 135 Å². The van der Waals surface area contributed by atoms with Gasteiger partial charge in [0.25, 0.3) is 5.91 Å². The van der Waals surface area contributed by atoms with Gasteiger partial charge in [-0.2, -0.15) is 0 Å². The van der Waals surface area contributed by atoms with Crippen LogP contribution in [-0.4, -0.2) is 10.9 Å². The molecule has 6 heteroatoms. The summed E-state index contributed by atoms with van der Waals surface area (Å²) in [5.41, 5.74) is 10.3. The topological polar surface area (TPSA) is 68.0 Å². The Bertz CT molecular complexity index is 965. The molecule has 110 valence electrons. The number of aromatic nitrogens is 1. The lowest BCUT2D eigenvalue weighted by atomic mass is 10.1. The van der Waals surface area contributed by atoms with E-state index < -0.39 is 0 Å². The predicted octanol–water partition coefficient (Wildman–Crippen LogP) is 4.05. The molecule has 0 saturated heterocycles. The number of nitrogens with two attached hydrogens (primary N) is 1. The van der Waals surface area contributed by atoms with Gasteiger partial charge in [-0.1, -0.05) is 0 Å². The van der Waals surface area contributed by atoms with Crippen molar-refractivity contribution < 1.29 is 4.79 Å². The Morgan fingerprint density at radius 1 is 1.36 bits per heavy atom. The van der Waals surface area contributed by atoms with E-state index in [4.69, 9.17) is 5.73 Å². The first-order valence-electron chi connectivity index (χ1n) is 6.80. The van der Waals surface area contributed by atoms with Gasteiger partial charge in [0.2, 0.25) is 0 Å². The molecule has 0 saturated carbocycles. The summed E-state index contributed by atoms with van der Waals surface area (Å²) < 4.78 is 1.30. The van der Waals surface area contributed by atoms with Crippen LogP contribution in [0, 0.1) is 13.8 Å². The van der Waals surface area contributed by atoms with Crippen molar-refractivity contribution in [2.75, 3.05) is 11.1 Å². The molecule has 1 amide bonds. The normalized spacial score (nSPS) is 15.5. The zero-order valence-electron chi connectivity index (χ0n) is 12.1. The molecule has 0 unspecified atom stereocenters. The van der Waals surface area contributed by atoms with Crippen molar-refractivity contribution in [3.8, 4) is 0 Å². The van der Waals surface area contributed by atoms with Gasteiger partial charge in [-0.3, -0.25) is 4.79 Å². The SMILES string of the molecule is Cc1csc2sc(C=C3C(=O)Nc4ncc(N)cc43)c(C)c12. The minimum absolute atomic E-state index is 0.124. The smallest absolute Gasteiger partial charge is 0.257 e. The second-order valence-corrected chi connectivity index (χ2v) is 7.54. The third-order valence-corrected chi connectivity index (χ3v) is 6.30. The number of aryl methyl sites for hydroxylation is 2. The molecule has 4 rings (SSSR count). The third-order valence-electron chi connectivity index (χ3n) is 3.84. The number of hydrogen-bond acceptors (Lipinski definition) is 5. The number of amides is 1. The maximum Gasteiger partial charge on any atom is 0.257 e. The number of carbonyl (C=O) groups excluding carboxylic acids is 1. The maximum absolute atomic E-state index is 12.2. The molecule has 0 bridgehead atoms. The van der Waals surface area contributed by atoms with Crippen molar-refractivity contribution in [1.29, 1.82) is 0 Å². The molecule has 0 aromatic carbocycles. The van der Waals surface area contributed by atoms with Crippen molar-refractivity contribution in [2.45, 2.75) is 13.8 Å². The van der Waals surface area contributed by atoms with E-state index in [9.17, 15) is 4.79 Å². The van der Waals surface area contributed by atoms with Gasteiger partial charge < -0.3 is 11.1 Å². The van der Waals surface area contributed by atoms with Gasteiger partial charge in [-0.25, -0.2) is 4.98 Å². The van der Waals surface area contributed by atoms with Crippen LogP contribution in [0.25, 0.3) is 21.0 Å². The Kier molecular flexibility index (Phi) is 2.85. The number of thiophene rings is 2.